The number of anilines is 6. The summed E-state index contributed by atoms with van der Waals surface area (Å²) in [6.07, 6.45) is 11.4. The molecule has 0 radical (unpaired) electrons. The summed E-state index contributed by atoms with van der Waals surface area (Å²) in [6.45, 7) is 31.0. The predicted octanol–water partition coefficient (Wildman–Crippen LogP) is 30.5. The van der Waals surface area contributed by atoms with Gasteiger partial charge in [-0.2, -0.15) is 30.4 Å². The highest BCUT2D eigenvalue weighted by atomic mass is 127. The molecule has 6 N–H and O–H groups in total. The molecule has 0 aliphatic rings. The maximum atomic E-state index is 13.5. The Kier molecular flexibility index (Phi) is 47.5. The Morgan fingerprint density at radius 3 is 0.820 bits per heavy atom. The fourth-order valence-electron chi connectivity index (χ4n) is 13.4. The molecule has 0 aliphatic heterocycles. The van der Waals surface area contributed by atoms with Gasteiger partial charge in [0.2, 0.25) is 0 Å². The van der Waals surface area contributed by atoms with Gasteiger partial charge >= 0.3 is 31.4 Å². The van der Waals surface area contributed by atoms with Crippen LogP contribution in [0.15, 0.2) is 229 Å². The molecule has 12 aromatic rings. The molecule has 0 heterocycles. The average Bonchev–Trinajstić information content (AvgIpc) is 0.851. The highest BCUT2D eigenvalue weighted by molar-refractivity contribution is 14.1. The van der Waals surface area contributed by atoms with Crippen LogP contribution >= 0.6 is 121 Å². The fourth-order valence-corrected chi connectivity index (χ4v) is 16.2. The van der Waals surface area contributed by atoms with Gasteiger partial charge in [0.25, 0.3) is 0 Å². The van der Waals surface area contributed by atoms with Crippen LogP contribution in [-0.2, 0) is 39.6 Å². The van der Waals surface area contributed by atoms with Crippen LogP contribution in [0, 0.1) is 99.4 Å². The summed E-state index contributed by atoms with van der Waals surface area (Å²) in [4.78, 5) is 70.2. The van der Waals surface area contributed by atoms with Gasteiger partial charge in [0.15, 0.2) is 0 Å². The summed E-state index contributed by atoms with van der Waals surface area (Å²) in [5, 5.41) is 61.7. The molecule has 0 atom stereocenters. The van der Waals surface area contributed by atoms with Crippen molar-refractivity contribution in [2.24, 2.45) is 0 Å². The van der Waals surface area contributed by atoms with Crippen LogP contribution in [0.3, 0.4) is 0 Å². The second-order valence-corrected chi connectivity index (χ2v) is 38.5. The first-order chi connectivity index (χ1) is 66.0. The largest absolute Gasteiger partial charge is 0.489 e. The summed E-state index contributed by atoms with van der Waals surface area (Å²) in [7, 11) is 0. The van der Waals surface area contributed by atoms with E-state index in [1.54, 1.807) is 98.2 Å². The first-order valence-corrected chi connectivity index (χ1v) is 52.3. The first kappa shape index (κ1) is 115. The second kappa shape index (κ2) is 57.3. The predicted molar refractivity (Wildman–Crippen MR) is 579 cm³/mol. The molecule has 24 nitrogen and oxygen atoms in total. The molecule has 0 bridgehead atoms. The number of benzene rings is 12. The van der Waals surface area contributed by atoms with Crippen molar-refractivity contribution in [3.05, 3.63) is 355 Å². The zero-order valence-corrected chi connectivity index (χ0v) is 89.9. The van der Waals surface area contributed by atoms with Crippen molar-refractivity contribution < 1.29 is 92.8 Å². The number of carbonyl (C=O) groups excluding carboxylic acids is 6. The number of rotatable bonds is 25. The van der Waals surface area contributed by atoms with Crippen LogP contribution in [0.4, 0.5) is 67.3 Å². The van der Waals surface area contributed by atoms with Crippen molar-refractivity contribution >= 4 is 192 Å². The first-order valence-electron chi connectivity index (χ1n) is 42.7. The molecular formula is C105H114BrClFIN6O18S6. The van der Waals surface area contributed by atoms with Crippen molar-refractivity contribution in [1.29, 1.82) is 0 Å². The van der Waals surface area contributed by atoms with E-state index in [1.807, 2.05) is 223 Å². The highest BCUT2D eigenvalue weighted by Gasteiger charge is 2.25. The van der Waals surface area contributed by atoms with Crippen molar-refractivity contribution in [2.75, 3.05) is 67.9 Å². The summed E-state index contributed by atoms with van der Waals surface area (Å²) in [5.41, 5.74) is 21.3. The van der Waals surface area contributed by atoms with E-state index in [0.29, 0.717) is 91.8 Å². The number of hydrogen-bond donors (Lipinski definition) is 6. The number of hydrogen-bond acceptors (Lipinski definition) is 24. The minimum Gasteiger partial charge on any atom is -0.489 e. The number of nitrogens with zero attached hydrogens (tertiary/aromatic N) is 6. The van der Waals surface area contributed by atoms with Crippen LogP contribution in [0.25, 0.3) is 6.08 Å². The summed E-state index contributed by atoms with van der Waals surface area (Å²) < 4.78 is 50.4. The van der Waals surface area contributed by atoms with Crippen molar-refractivity contribution in [1.82, 2.24) is 0 Å². The van der Waals surface area contributed by atoms with E-state index in [0.717, 1.165) is 174 Å². The van der Waals surface area contributed by atoms with E-state index in [2.05, 4.69) is 57.2 Å². The molecule has 0 saturated carbocycles. The van der Waals surface area contributed by atoms with Crippen LogP contribution in [0.5, 0.6) is 34.5 Å². The van der Waals surface area contributed by atoms with E-state index < -0.39 is 37.3 Å². The zero-order valence-electron chi connectivity index (χ0n) is 80.5. The Morgan fingerprint density at radius 1 is 0.309 bits per heavy atom. The van der Waals surface area contributed by atoms with Gasteiger partial charge in [0.05, 0.1) is 34.1 Å². The molecular weight excluding hydrogens is 2090 g/mol. The molecule has 12 aromatic carbocycles. The van der Waals surface area contributed by atoms with Gasteiger partial charge < -0.3 is 28.4 Å². The minimum atomic E-state index is -0.552. The Balaban J connectivity index is 0.000000227. The standard InChI is InChI=1S/C19H21NO3S.C18H21NO3S.C17H18BrNO3S.C17H18ClNO3S.C17H18FNO3S.C17H18INO3S/c1-5-15-7-8-17(20(22)19(21)24-4)16(11-15)12-23-18-9-6-13(2)10-14(18)3;1-12-6-8-17(14(3)9-12)22-11-15-10-13(2)5-7-16(15)19(21)18(20)23-4;4*1-11-4-7-16(12(2)8-11)22-10-13-9-14(18)5-6-15(13)19(21)17(20)23-3/h5-11,22H,1,12H2,2-4H3;5-10,21H,11H2,1-4H3;4*4-9,21H,10H2,1-3H3. The third-order valence-electron chi connectivity index (χ3n) is 20.5. The number of hydroxylamine groups is 6. The monoisotopic (exact) mass is 2200 g/mol. The van der Waals surface area contributed by atoms with Gasteiger partial charge in [-0.15, -0.1) is 0 Å². The SMILES string of the molecule is C=Cc1ccc(N(O)C(=O)SC)c(COc2ccc(C)cc2C)c1.CSC(=O)N(O)c1ccc(Br)cc1COc1ccc(C)cc1C.CSC(=O)N(O)c1ccc(C)cc1COc1ccc(C)cc1C.CSC(=O)N(O)c1ccc(Cl)cc1COc1ccc(C)cc1C.CSC(=O)N(O)c1ccc(F)cc1COc1ccc(C)cc1C.CSC(=O)N(O)c1ccc(I)cc1COc1ccc(C)cc1C. The zero-order chi connectivity index (χ0) is 103. The third-order valence-corrected chi connectivity index (χ3v) is 25.0. The van der Waals surface area contributed by atoms with Crippen LogP contribution in [0.2, 0.25) is 5.02 Å². The Bertz CT molecular complexity index is 5580. The van der Waals surface area contributed by atoms with Crippen molar-refractivity contribution in [3.8, 4) is 34.5 Å². The lowest BCUT2D eigenvalue weighted by molar-refractivity contribution is 0.223. The van der Waals surface area contributed by atoms with Gasteiger partial charge in [-0.3, -0.25) is 60.0 Å². The Hall–Kier alpha value is -10.7. The average molecular weight is 2200 g/mol. The Labute approximate surface area is 864 Å². The number of aryl methyl sites for hydroxylation is 13. The highest BCUT2D eigenvalue weighted by Crippen LogP contribution is 2.36. The van der Waals surface area contributed by atoms with Gasteiger partial charge in [-0.25, -0.2) is 4.39 Å². The van der Waals surface area contributed by atoms with Crippen LogP contribution in [-0.4, -0.2) is 100 Å². The van der Waals surface area contributed by atoms with E-state index in [-0.39, 0.29) is 45.3 Å². The fraction of sp³-hybridized carbons (Fsp3) is 0.238. The minimum absolute atomic E-state index is 0.0374. The maximum absolute atomic E-state index is 13.5. The molecule has 12 rings (SSSR count). The molecule has 0 spiro atoms. The number of carbonyl (C=O) groups is 6. The lowest BCUT2D eigenvalue weighted by Gasteiger charge is -2.19. The van der Waals surface area contributed by atoms with E-state index >= 15 is 0 Å². The molecule has 0 aliphatic carbocycles. The maximum Gasteiger partial charge on any atom is 0.309 e. The quantitative estimate of drug-likeness (QED) is 0.0176. The number of amides is 6. The summed E-state index contributed by atoms with van der Waals surface area (Å²) in [5.74, 6) is 4.11. The molecule has 0 unspecified atom stereocenters. The van der Waals surface area contributed by atoms with Gasteiger partial charge in [-0.1, -0.05) is 241 Å². The van der Waals surface area contributed by atoms with Crippen LogP contribution < -0.4 is 58.8 Å². The molecule has 0 saturated heterocycles. The van der Waals surface area contributed by atoms with E-state index in [1.165, 1.54) is 40.5 Å². The second-order valence-electron chi connectivity index (χ2n) is 31.4. The molecule has 6 amide bonds. The van der Waals surface area contributed by atoms with Crippen molar-refractivity contribution in [3.63, 3.8) is 0 Å². The number of thioether (sulfide) groups is 6. The van der Waals surface area contributed by atoms with E-state index in [9.17, 15) is 64.4 Å². The normalized spacial score (nSPS) is 10.5. The van der Waals surface area contributed by atoms with Gasteiger partial charge in [0, 0.05) is 46.4 Å². The third kappa shape index (κ3) is 35.5. The van der Waals surface area contributed by atoms with Gasteiger partial charge in [0.1, 0.15) is 80.0 Å². The smallest absolute Gasteiger partial charge is 0.309 e. The van der Waals surface area contributed by atoms with E-state index in [4.69, 9.17) is 40.0 Å². The summed E-state index contributed by atoms with van der Waals surface area (Å²) >= 11 is 17.2. The number of ether oxygens (including phenoxy) is 6. The van der Waals surface area contributed by atoms with Crippen LogP contribution in [0.1, 0.15) is 111 Å². The summed E-state index contributed by atoms with van der Waals surface area (Å²) in [6, 6.07) is 65.8. The molecule has 0 fully saturated rings. The van der Waals surface area contributed by atoms with Crippen molar-refractivity contribution in [2.45, 2.75) is 130 Å². The molecule has 0 aromatic heterocycles. The topological polar surface area (TPSA) is 299 Å². The Morgan fingerprint density at radius 2 is 0.532 bits per heavy atom. The number of halogens is 4. The van der Waals surface area contributed by atoms with Gasteiger partial charge in [-0.05, 0) is 316 Å². The molecule has 139 heavy (non-hydrogen) atoms. The lowest BCUT2D eigenvalue weighted by Crippen LogP contribution is -2.24. The molecule has 34 heteroatoms. The molecule has 736 valence electrons. The lowest BCUT2D eigenvalue weighted by atomic mass is 10.1.